The molecule has 0 atom stereocenters. The van der Waals surface area contributed by atoms with E-state index in [1.165, 1.54) is 66.0 Å². The molecule has 4 nitrogen and oxygen atoms in total. The van der Waals surface area contributed by atoms with Crippen LogP contribution in [-0.4, -0.2) is 19.1 Å². The molecule has 3 heterocycles. The topological polar surface area (TPSA) is 35.6 Å². The lowest BCUT2D eigenvalue weighted by Crippen LogP contribution is -2.05. The third-order valence-electron chi connectivity index (χ3n) is 11.8. The van der Waals surface area contributed by atoms with E-state index in [-0.39, 0.29) is 0 Å². The Hall–Kier alpha value is -7.56. The van der Waals surface area contributed by atoms with Crippen molar-refractivity contribution in [3.63, 3.8) is 0 Å². The lowest BCUT2D eigenvalue weighted by Gasteiger charge is -2.13. The molecule has 0 N–H and O–H groups in total. The minimum Gasteiger partial charge on any atom is -0.309 e. The van der Waals surface area contributed by atoms with Crippen LogP contribution in [-0.2, 0) is 6.42 Å². The van der Waals surface area contributed by atoms with Crippen LogP contribution in [0.3, 0.4) is 0 Å². The van der Waals surface area contributed by atoms with Crippen LogP contribution in [0.5, 0.6) is 0 Å². The predicted octanol–water partition coefficient (Wildman–Crippen LogP) is 13.2. The van der Waals surface area contributed by atoms with Crippen LogP contribution in [0.25, 0.3) is 100 Å². The minimum atomic E-state index is 0.687. The minimum absolute atomic E-state index is 0.687. The van der Waals surface area contributed by atoms with Gasteiger partial charge in [0.05, 0.1) is 33.5 Å². The van der Waals surface area contributed by atoms with Crippen molar-refractivity contribution in [1.82, 2.24) is 19.1 Å². The van der Waals surface area contributed by atoms with Gasteiger partial charge in [-0.15, -0.1) is 0 Å². The predicted molar refractivity (Wildman–Crippen MR) is 235 cm³/mol. The summed E-state index contributed by atoms with van der Waals surface area (Å²) in [6, 6.07) is 69.8. The van der Waals surface area contributed by atoms with E-state index in [4.69, 9.17) is 9.97 Å². The Morgan fingerprint density at radius 3 is 1.68 bits per heavy atom. The van der Waals surface area contributed by atoms with Gasteiger partial charge < -0.3 is 4.57 Å². The average Bonchev–Trinajstić information content (AvgIpc) is 3.94. The average molecular weight is 727 g/mol. The Kier molecular flexibility index (Phi) is 6.96. The zero-order chi connectivity index (χ0) is 37.5. The Labute approximate surface area is 329 Å². The maximum absolute atomic E-state index is 5.39. The summed E-state index contributed by atoms with van der Waals surface area (Å²) in [6.07, 6.45) is 0.828. The summed E-state index contributed by atoms with van der Waals surface area (Å²) in [6.45, 7) is 0. The van der Waals surface area contributed by atoms with Gasteiger partial charge in [0.25, 0.3) is 0 Å². The van der Waals surface area contributed by atoms with Gasteiger partial charge in [-0.1, -0.05) is 152 Å². The van der Waals surface area contributed by atoms with E-state index in [1.807, 2.05) is 0 Å². The molecular weight excluding hydrogens is 693 g/mol. The van der Waals surface area contributed by atoms with Crippen LogP contribution in [0.15, 0.2) is 194 Å². The van der Waals surface area contributed by atoms with Crippen molar-refractivity contribution in [2.24, 2.45) is 0 Å². The van der Waals surface area contributed by atoms with Crippen molar-refractivity contribution < 1.29 is 0 Å². The zero-order valence-electron chi connectivity index (χ0n) is 31.0. The standard InChI is InChI=1S/C53H34N4/c1-3-13-34(14-4-1)35-23-27-40(28-24-35)56-47-21-11-9-19-42(47)44-29-25-38(33-50(44)56)37-26-30-49-45(31-37)43-20-10-12-22-48(43)57(49)53-54-51(36-15-5-2-6-16-36)46-32-39-17-7-8-18-41(39)52(46)55-53/h1-31,33H,32H2. The van der Waals surface area contributed by atoms with Crippen LogP contribution in [0, 0.1) is 0 Å². The first-order valence-corrected chi connectivity index (χ1v) is 19.5. The molecular formula is C53H34N4. The van der Waals surface area contributed by atoms with Crippen molar-refractivity contribution in [3.05, 3.63) is 205 Å². The molecule has 0 fully saturated rings. The lowest BCUT2D eigenvalue weighted by molar-refractivity contribution is 0.985. The number of nitrogens with zero attached hydrogens (tertiary/aromatic N) is 4. The van der Waals surface area contributed by atoms with E-state index in [1.54, 1.807) is 0 Å². The number of rotatable bonds is 5. The molecule has 4 heteroatoms. The fraction of sp³-hybridized carbons (Fsp3) is 0.0189. The lowest BCUT2D eigenvalue weighted by atomic mass is 10.0. The molecule has 0 amide bonds. The number of aromatic nitrogens is 4. The van der Waals surface area contributed by atoms with Gasteiger partial charge in [-0.2, -0.15) is 0 Å². The molecule has 3 aromatic heterocycles. The number of para-hydroxylation sites is 2. The molecule has 0 bridgehead atoms. The first-order valence-electron chi connectivity index (χ1n) is 19.5. The van der Waals surface area contributed by atoms with Crippen molar-refractivity contribution >= 4 is 43.6 Å². The van der Waals surface area contributed by atoms with Gasteiger partial charge in [0, 0.05) is 50.3 Å². The molecule has 11 aromatic rings. The third kappa shape index (κ3) is 4.94. The van der Waals surface area contributed by atoms with E-state index in [0.29, 0.717) is 5.95 Å². The molecule has 0 saturated carbocycles. The SMILES string of the molecule is c1ccc(-c2ccc(-n3c4ccccc4c4ccc(-c5ccc6c(c5)c5ccccc5n6-c5nc(-c6ccccc6)c6c(n5)-c5ccccc5C6)cc43)cc2)cc1. The van der Waals surface area contributed by atoms with E-state index in [2.05, 4.69) is 203 Å². The van der Waals surface area contributed by atoms with Gasteiger partial charge in [0.1, 0.15) is 0 Å². The van der Waals surface area contributed by atoms with Crippen molar-refractivity contribution in [2.45, 2.75) is 6.42 Å². The van der Waals surface area contributed by atoms with Crippen LogP contribution >= 0.6 is 0 Å². The normalized spacial score (nSPS) is 12.1. The van der Waals surface area contributed by atoms with Crippen molar-refractivity contribution in [3.8, 4) is 56.4 Å². The van der Waals surface area contributed by atoms with Crippen molar-refractivity contribution in [1.29, 1.82) is 0 Å². The second-order valence-electron chi connectivity index (χ2n) is 15.0. The van der Waals surface area contributed by atoms with E-state index >= 15 is 0 Å². The zero-order valence-corrected chi connectivity index (χ0v) is 31.0. The van der Waals surface area contributed by atoms with Gasteiger partial charge in [-0.25, -0.2) is 9.97 Å². The van der Waals surface area contributed by atoms with E-state index < -0.39 is 0 Å². The fourth-order valence-corrected chi connectivity index (χ4v) is 9.12. The smallest absolute Gasteiger partial charge is 0.235 e. The first-order chi connectivity index (χ1) is 28.3. The first kappa shape index (κ1) is 31.8. The van der Waals surface area contributed by atoms with Gasteiger partial charge in [0.15, 0.2) is 0 Å². The maximum atomic E-state index is 5.39. The molecule has 266 valence electrons. The Balaban J connectivity index is 1.03. The van der Waals surface area contributed by atoms with Crippen molar-refractivity contribution in [2.75, 3.05) is 0 Å². The molecule has 57 heavy (non-hydrogen) atoms. The number of benzene rings is 8. The molecule has 0 spiro atoms. The number of hydrogen-bond donors (Lipinski definition) is 0. The summed E-state index contributed by atoms with van der Waals surface area (Å²) < 4.78 is 4.66. The third-order valence-corrected chi connectivity index (χ3v) is 11.8. The van der Waals surface area contributed by atoms with Gasteiger partial charge in [-0.3, -0.25) is 4.57 Å². The van der Waals surface area contributed by atoms with Gasteiger partial charge in [0.2, 0.25) is 5.95 Å². The van der Waals surface area contributed by atoms with E-state index in [9.17, 15) is 0 Å². The number of fused-ring (bicyclic) bond motifs is 9. The molecule has 12 rings (SSSR count). The Morgan fingerprint density at radius 2 is 0.895 bits per heavy atom. The molecule has 0 aliphatic heterocycles. The number of hydrogen-bond acceptors (Lipinski definition) is 2. The summed E-state index contributed by atoms with van der Waals surface area (Å²) in [5.74, 6) is 0.687. The molecule has 1 aliphatic carbocycles. The second-order valence-corrected chi connectivity index (χ2v) is 15.0. The van der Waals surface area contributed by atoms with E-state index in [0.717, 1.165) is 45.7 Å². The highest BCUT2D eigenvalue weighted by Gasteiger charge is 2.27. The second kappa shape index (κ2) is 12.5. The summed E-state index contributed by atoms with van der Waals surface area (Å²) in [5.41, 5.74) is 17.2. The summed E-state index contributed by atoms with van der Waals surface area (Å²) in [4.78, 5) is 10.8. The monoisotopic (exact) mass is 726 g/mol. The molecule has 8 aromatic carbocycles. The highest BCUT2D eigenvalue weighted by molar-refractivity contribution is 6.12. The highest BCUT2D eigenvalue weighted by Crippen LogP contribution is 2.42. The largest absolute Gasteiger partial charge is 0.309 e. The van der Waals surface area contributed by atoms with Crippen LogP contribution < -0.4 is 0 Å². The van der Waals surface area contributed by atoms with Crippen LogP contribution in [0.4, 0.5) is 0 Å². The summed E-state index contributed by atoms with van der Waals surface area (Å²) in [7, 11) is 0. The molecule has 0 unspecified atom stereocenters. The highest BCUT2D eigenvalue weighted by atomic mass is 15.2. The summed E-state index contributed by atoms with van der Waals surface area (Å²) in [5, 5.41) is 4.83. The summed E-state index contributed by atoms with van der Waals surface area (Å²) >= 11 is 0. The quantitative estimate of drug-likeness (QED) is 0.177. The Morgan fingerprint density at radius 1 is 0.351 bits per heavy atom. The van der Waals surface area contributed by atoms with Crippen LogP contribution in [0.1, 0.15) is 11.1 Å². The maximum Gasteiger partial charge on any atom is 0.235 e. The fourth-order valence-electron chi connectivity index (χ4n) is 9.12. The molecule has 0 radical (unpaired) electrons. The Bertz CT molecular complexity index is 3360. The van der Waals surface area contributed by atoms with Crippen LogP contribution in [0.2, 0.25) is 0 Å². The molecule has 0 saturated heterocycles. The van der Waals surface area contributed by atoms with Gasteiger partial charge >= 0.3 is 0 Å². The van der Waals surface area contributed by atoms with Gasteiger partial charge in [-0.05, 0) is 70.3 Å². The molecule has 1 aliphatic rings.